The van der Waals surface area contributed by atoms with Crippen LogP contribution in [-0.2, 0) is 9.59 Å². The van der Waals surface area contributed by atoms with Crippen molar-refractivity contribution in [1.29, 1.82) is 0 Å². The van der Waals surface area contributed by atoms with Gasteiger partial charge in [0.25, 0.3) is 0 Å². The van der Waals surface area contributed by atoms with Gasteiger partial charge in [0.15, 0.2) is 0 Å². The summed E-state index contributed by atoms with van der Waals surface area (Å²) in [4.78, 5) is 31.5. The molecule has 1 fully saturated rings. The number of aliphatic carboxylic acids is 1. The fourth-order valence-electron chi connectivity index (χ4n) is 2.67. The molecule has 6 nitrogen and oxygen atoms in total. The van der Waals surface area contributed by atoms with E-state index in [-0.39, 0.29) is 19.0 Å². The van der Waals surface area contributed by atoms with Gasteiger partial charge in [-0.1, -0.05) is 13.0 Å². The molecule has 0 saturated carbocycles. The molecule has 2 heterocycles. The number of carboxylic acids is 1. The van der Waals surface area contributed by atoms with Crippen molar-refractivity contribution >= 4 is 17.7 Å². The molecule has 1 aromatic rings. The first-order valence-corrected chi connectivity index (χ1v) is 7.66. The lowest BCUT2D eigenvalue weighted by atomic mass is 10.1. The Labute approximate surface area is 130 Å². The number of pyridine rings is 1. The predicted octanol–water partition coefficient (Wildman–Crippen LogP) is 1.54. The fourth-order valence-corrected chi connectivity index (χ4v) is 2.67. The molecule has 0 aromatic carbocycles. The first-order valence-electron chi connectivity index (χ1n) is 7.66. The number of hydrogen-bond donors (Lipinski definition) is 1. The summed E-state index contributed by atoms with van der Waals surface area (Å²) in [6.07, 6.45) is 3.75. The first kappa shape index (κ1) is 16.3. The van der Waals surface area contributed by atoms with Gasteiger partial charge in [-0.15, -0.1) is 0 Å². The number of aryl methyl sites for hydroxylation is 1. The Morgan fingerprint density at radius 3 is 2.68 bits per heavy atom. The largest absolute Gasteiger partial charge is 0.481 e. The maximum atomic E-state index is 12.4. The summed E-state index contributed by atoms with van der Waals surface area (Å²) in [6.45, 7) is 5.60. The van der Waals surface area contributed by atoms with E-state index in [9.17, 15) is 9.59 Å². The van der Waals surface area contributed by atoms with E-state index in [0.29, 0.717) is 5.82 Å². The maximum absolute atomic E-state index is 12.4. The van der Waals surface area contributed by atoms with Crippen molar-refractivity contribution in [2.45, 2.75) is 26.7 Å². The second-order valence-corrected chi connectivity index (χ2v) is 5.85. The van der Waals surface area contributed by atoms with E-state index >= 15 is 0 Å². The summed E-state index contributed by atoms with van der Waals surface area (Å²) in [6, 6.07) is 3.75. The van der Waals surface area contributed by atoms with E-state index in [1.54, 1.807) is 18.0 Å². The third kappa shape index (κ3) is 3.96. The van der Waals surface area contributed by atoms with Gasteiger partial charge in [-0.25, -0.2) is 4.98 Å². The SMILES string of the molecule is Cc1cccnc1N(CC(=O)N1CCCC1)CC(C)C(=O)O. The van der Waals surface area contributed by atoms with Crippen LogP contribution in [0.15, 0.2) is 18.3 Å². The Morgan fingerprint density at radius 2 is 2.09 bits per heavy atom. The number of aromatic nitrogens is 1. The molecule has 22 heavy (non-hydrogen) atoms. The molecular formula is C16H23N3O3. The molecule has 1 unspecified atom stereocenters. The molecule has 1 aliphatic rings. The van der Waals surface area contributed by atoms with Gasteiger partial charge >= 0.3 is 5.97 Å². The lowest BCUT2D eigenvalue weighted by Crippen LogP contribution is -2.42. The molecule has 1 aromatic heterocycles. The van der Waals surface area contributed by atoms with Crippen LogP contribution in [0.5, 0.6) is 0 Å². The van der Waals surface area contributed by atoms with Crippen molar-refractivity contribution in [2.24, 2.45) is 5.92 Å². The molecule has 0 spiro atoms. The van der Waals surface area contributed by atoms with Crippen LogP contribution in [-0.4, -0.2) is 53.0 Å². The van der Waals surface area contributed by atoms with E-state index in [0.717, 1.165) is 31.5 Å². The lowest BCUT2D eigenvalue weighted by Gasteiger charge is -2.28. The van der Waals surface area contributed by atoms with Crippen LogP contribution < -0.4 is 4.90 Å². The number of amides is 1. The Hall–Kier alpha value is -2.11. The van der Waals surface area contributed by atoms with Gasteiger partial charge in [-0.05, 0) is 31.4 Å². The molecular weight excluding hydrogens is 282 g/mol. The van der Waals surface area contributed by atoms with Crippen LogP contribution in [0.3, 0.4) is 0 Å². The molecule has 2 rings (SSSR count). The first-order chi connectivity index (χ1) is 10.5. The number of carbonyl (C=O) groups is 2. The number of hydrogen-bond acceptors (Lipinski definition) is 4. The highest BCUT2D eigenvalue weighted by Gasteiger charge is 2.24. The Morgan fingerprint density at radius 1 is 1.41 bits per heavy atom. The van der Waals surface area contributed by atoms with Crippen LogP contribution in [0.4, 0.5) is 5.82 Å². The van der Waals surface area contributed by atoms with Crippen molar-refractivity contribution in [3.63, 3.8) is 0 Å². The molecule has 0 aliphatic carbocycles. The normalized spacial score (nSPS) is 15.6. The number of likely N-dealkylation sites (tertiary alicyclic amines) is 1. The highest BCUT2D eigenvalue weighted by atomic mass is 16.4. The van der Waals surface area contributed by atoms with Crippen molar-refractivity contribution < 1.29 is 14.7 Å². The second-order valence-electron chi connectivity index (χ2n) is 5.85. The number of rotatable bonds is 6. The predicted molar refractivity (Wildman–Crippen MR) is 83.8 cm³/mol. The average molecular weight is 305 g/mol. The quantitative estimate of drug-likeness (QED) is 0.863. The van der Waals surface area contributed by atoms with Crippen molar-refractivity contribution in [2.75, 3.05) is 31.1 Å². The molecule has 1 N–H and O–H groups in total. The van der Waals surface area contributed by atoms with Crippen LogP contribution in [0.25, 0.3) is 0 Å². The maximum Gasteiger partial charge on any atom is 0.308 e. The monoisotopic (exact) mass is 305 g/mol. The number of carboxylic acid groups (broad SMARTS) is 1. The minimum atomic E-state index is -0.868. The Bertz CT molecular complexity index is 541. The van der Waals surface area contributed by atoms with E-state index in [1.165, 1.54) is 0 Å². The number of nitrogens with zero attached hydrogens (tertiary/aromatic N) is 3. The fraction of sp³-hybridized carbons (Fsp3) is 0.562. The summed E-state index contributed by atoms with van der Waals surface area (Å²) in [5.41, 5.74) is 0.939. The van der Waals surface area contributed by atoms with Crippen LogP contribution in [0.1, 0.15) is 25.3 Å². The summed E-state index contributed by atoms with van der Waals surface area (Å²) in [5, 5.41) is 9.15. The molecule has 0 radical (unpaired) electrons. The van der Waals surface area contributed by atoms with E-state index in [2.05, 4.69) is 4.98 Å². The van der Waals surface area contributed by atoms with Crippen molar-refractivity contribution in [3.05, 3.63) is 23.9 Å². The molecule has 1 aliphatic heterocycles. The summed E-state index contributed by atoms with van der Waals surface area (Å²) in [7, 11) is 0. The molecule has 1 amide bonds. The molecule has 1 saturated heterocycles. The van der Waals surface area contributed by atoms with Gasteiger partial charge in [-0.2, -0.15) is 0 Å². The highest BCUT2D eigenvalue weighted by molar-refractivity contribution is 5.82. The number of anilines is 1. The van der Waals surface area contributed by atoms with Gasteiger partial charge in [0.1, 0.15) is 5.82 Å². The van der Waals surface area contributed by atoms with Gasteiger partial charge in [0, 0.05) is 25.8 Å². The van der Waals surface area contributed by atoms with Gasteiger partial charge < -0.3 is 14.9 Å². The summed E-state index contributed by atoms with van der Waals surface area (Å²) >= 11 is 0. The minimum absolute atomic E-state index is 0.0418. The average Bonchev–Trinajstić information content (AvgIpc) is 3.01. The summed E-state index contributed by atoms with van der Waals surface area (Å²) < 4.78 is 0. The van der Waals surface area contributed by atoms with Crippen LogP contribution >= 0.6 is 0 Å². The van der Waals surface area contributed by atoms with Gasteiger partial charge in [-0.3, -0.25) is 9.59 Å². The zero-order valence-corrected chi connectivity index (χ0v) is 13.2. The third-order valence-corrected chi connectivity index (χ3v) is 3.98. The zero-order valence-electron chi connectivity index (χ0n) is 13.2. The van der Waals surface area contributed by atoms with Gasteiger partial charge in [0.05, 0.1) is 12.5 Å². The molecule has 1 atom stereocenters. The van der Waals surface area contributed by atoms with Crippen molar-refractivity contribution in [1.82, 2.24) is 9.88 Å². The Kier molecular flexibility index (Phi) is 5.35. The van der Waals surface area contributed by atoms with Crippen LogP contribution in [0, 0.1) is 12.8 Å². The number of carbonyl (C=O) groups excluding carboxylic acids is 1. The summed E-state index contributed by atoms with van der Waals surface area (Å²) in [5.74, 6) is -0.705. The second kappa shape index (κ2) is 7.24. The molecule has 0 bridgehead atoms. The highest BCUT2D eigenvalue weighted by Crippen LogP contribution is 2.18. The zero-order chi connectivity index (χ0) is 16.1. The van der Waals surface area contributed by atoms with Gasteiger partial charge in [0.2, 0.25) is 5.91 Å². The molecule has 120 valence electrons. The van der Waals surface area contributed by atoms with Crippen molar-refractivity contribution in [3.8, 4) is 0 Å². The molecule has 6 heteroatoms. The van der Waals surface area contributed by atoms with E-state index in [4.69, 9.17) is 5.11 Å². The smallest absolute Gasteiger partial charge is 0.308 e. The standard InChI is InChI=1S/C16H23N3O3/c1-12-6-5-7-17-15(12)19(10-13(2)16(21)22)11-14(20)18-8-3-4-9-18/h5-7,13H,3-4,8-11H2,1-2H3,(H,21,22). The lowest BCUT2D eigenvalue weighted by molar-refractivity contribution is -0.141. The Balaban J connectivity index is 2.15. The van der Waals surface area contributed by atoms with E-state index in [1.807, 2.05) is 24.0 Å². The topological polar surface area (TPSA) is 73.7 Å². The third-order valence-electron chi connectivity index (χ3n) is 3.98. The minimum Gasteiger partial charge on any atom is -0.481 e. The van der Waals surface area contributed by atoms with E-state index < -0.39 is 11.9 Å². The van der Waals surface area contributed by atoms with Crippen LogP contribution in [0.2, 0.25) is 0 Å².